The Morgan fingerprint density at radius 2 is 1.02 bits per heavy atom. The predicted molar refractivity (Wildman–Crippen MR) is 327 cm³/mol. The summed E-state index contributed by atoms with van der Waals surface area (Å²) in [5, 5.41) is 29.5. The number of piperazine rings is 2. The molecule has 0 unspecified atom stereocenters. The average Bonchev–Trinajstić information content (AvgIpc) is 2.61. The van der Waals surface area contributed by atoms with Gasteiger partial charge in [-0.2, -0.15) is 20.5 Å². The molecule has 456 valence electrons. The minimum absolute atomic E-state index is 0.114. The lowest BCUT2D eigenvalue weighted by Crippen LogP contribution is -2.56. The number of nitrogens with zero attached hydrogens (tertiary/aromatic N) is 13. The number of carbonyl (C=O) groups is 1. The number of carbonyl (C=O) groups excluding carboxylic acids is 1. The Hall–Kier alpha value is -8.65. The van der Waals surface area contributed by atoms with Crippen LogP contribution in [-0.4, -0.2) is 200 Å². The maximum Gasteiger partial charge on any atom is 0.410 e. The van der Waals surface area contributed by atoms with Crippen LogP contribution in [0, 0.1) is 22.7 Å². The predicted octanol–water partition coefficient (Wildman–Crippen LogP) is 7.28. The lowest BCUT2D eigenvalue weighted by molar-refractivity contribution is -0.0661. The highest BCUT2D eigenvalue weighted by molar-refractivity contribution is 5.71. The summed E-state index contributed by atoms with van der Waals surface area (Å²) < 4.78 is 40.1. The maximum atomic E-state index is 12.4. The van der Waals surface area contributed by atoms with Gasteiger partial charge in [0.05, 0.1) is 75.2 Å². The largest absolute Gasteiger partial charge is 0.495 e. The minimum Gasteiger partial charge on any atom is -0.495 e. The van der Waals surface area contributed by atoms with Crippen LogP contribution in [0.3, 0.4) is 0 Å². The van der Waals surface area contributed by atoms with E-state index in [9.17, 15) is 15.3 Å². The smallest absolute Gasteiger partial charge is 0.410 e. The van der Waals surface area contributed by atoms with Crippen LogP contribution < -0.4 is 44.7 Å². The molecule has 6 aliphatic heterocycles. The number of piperidine rings is 2. The summed E-state index contributed by atoms with van der Waals surface area (Å²) >= 11 is 0. The van der Waals surface area contributed by atoms with E-state index in [1.807, 2.05) is 63.2 Å². The van der Waals surface area contributed by atoms with E-state index in [0.29, 0.717) is 89.7 Å². The van der Waals surface area contributed by atoms with Crippen LogP contribution in [0.25, 0.3) is 22.8 Å². The molecule has 6 aliphatic rings. The Morgan fingerprint density at radius 1 is 0.575 bits per heavy atom. The molecule has 0 atom stereocenters. The molecule has 12 rings (SSSR count). The van der Waals surface area contributed by atoms with Crippen molar-refractivity contribution in [2.45, 2.75) is 76.3 Å². The molecule has 3 N–H and O–H groups in total. The molecule has 0 saturated carbocycles. The van der Waals surface area contributed by atoms with E-state index in [1.165, 1.54) is 12.7 Å². The van der Waals surface area contributed by atoms with E-state index in [1.54, 1.807) is 37.3 Å². The molecule has 0 spiro atoms. The van der Waals surface area contributed by atoms with Crippen LogP contribution in [0.2, 0.25) is 0 Å². The van der Waals surface area contributed by atoms with Gasteiger partial charge >= 0.3 is 6.09 Å². The van der Waals surface area contributed by atoms with E-state index < -0.39 is 5.60 Å². The SMILES string of the molecule is COc1cc(Nc2ncnc(-c3ccc(OC4CCN(C(=O)OC(C)(C)C)CC4)c(C#N)c3)n2)ccc1N1CCN(C2COC2)CC1.COc1cc(Nc2ncnc(-c3ccc(OC4CCNCC4)c(C#N)c3)n2)ccc1N1CCN(C2COC2)CC1. The molecular formula is C63H76N16O8. The minimum atomic E-state index is -0.538. The molecule has 8 heterocycles. The van der Waals surface area contributed by atoms with Gasteiger partial charge in [-0.25, -0.2) is 24.7 Å². The fourth-order valence-corrected chi connectivity index (χ4v) is 11.3. The Morgan fingerprint density at radius 3 is 1.43 bits per heavy atom. The summed E-state index contributed by atoms with van der Waals surface area (Å²) in [5.41, 5.74) is 5.42. The van der Waals surface area contributed by atoms with Crippen molar-refractivity contribution in [3.63, 3.8) is 0 Å². The highest BCUT2D eigenvalue weighted by Crippen LogP contribution is 2.36. The van der Waals surface area contributed by atoms with Crippen molar-refractivity contribution in [2.24, 2.45) is 0 Å². The number of ether oxygens (including phenoxy) is 7. The van der Waals surface area contributed by atoms with E-state index >= 15 is 0 Å². The van der Waals surface area contributed by atoms with Crippen LogP contribution in [0.4, 0.5) is 39.4 Å². The number of benzene rings is 4. The zero-order valence-electron chi connectivity index (χ0n) is 50.1. The fraction of sp³-hybridized carbons (Fsp3) is 0.476. The van der Waals surface area contributed by atoms with Gasteiger partial charge in [-0.1, -0.05) is 0 Å². The molecule has 6 fully saturated rings. The molecule has 0 radical (unpaired) electrons. The van der Waals surface area contributed by atoms with Crippen molar-refractivity contribution in [1.82, 2.24) is 49.9 Å². The second-order valence-corrected chi connectivity index (χ2v) is 23.2. The molecule has 6 saturated heterocycles. The molecule has 1 amide bonds. The number of likely N-dealkylation sites (tertiary alicyclic amines) is 1. The first-order valence-electron chi connectivity index (χ1n) is 29.9. The molecular weight excluding hydrogens is 1110 g/mol. The quantitative estimate of drug-likeness (QED) is 0.0860. The topological polar surface area (TPSA) is 259 Å². The van der Waals surface area contributed by atoms with Gasteiger partial charge in [-0.15, -0.1) is 0 Å². The Labute approximate surface area is 507 Å². The normalized spacial score (nSPS) is 18.2. The number of hydrogen-bond donors (Lipinski definition) is 3. The summed E-state index contributed by atoms with van der Waals surface area (Å²) in [6, 6.07) is 28.5. The van der Waals surface area contributed by atoms with E-state index in [4.69, 9.17) is 33.2 Å². The number of nitriles is 2. The third-order valence-corrected chi connectivity index (χ3v) is 16.3. The number of aromatic nitrogens is 6. The molecule has 6 aromatic rings. The van der Waals surface area contributed by atoms with Crippen molar-refractivity contribution >= 4 is 40.7 Å². The lowest BCUT2D eigenvalue weighted by Gasteiger charge is -2.43. The van der Waals surface area contributed by atoms with E-state index in [0.717, 1.165) is 145 Å². The molecule has 0 bridgehead atoms. The van der Waals surface area contributed by atoms with E-state index in [2.05, 4.69) is 89.7 Å². The highest BCUT2D eigenvalue weighted by Gasteiger charge is 2.32. The average molecular weight is 1190 g/mol. The second-order valence-electron chi connectivity index (χ2n) is 23.2. The van der Waals surface area contributed by atoms with Crippen molar-refractivity contribution in [3.05, 3.63) is 96.6 Å². The first-order chi connectivity index (χ1) is 42.4. The lowest BCUT2D eigenvalue weighted by atomic mass is 10.1. The highest BCUT2D eigenvalue weighted by atomic mass is 16.6. The maximum absolute atomic E-state index is 12.4. The van der Waals surface area contributed by atoms with Crippen LogP contribution in [-0.2, 0) is 14.2 Å². The first kappa shape index (κ1) is 60.1. The van der Waals surface area contributed by atoms with Gasteiger partial charge in [0.15, 0.2) is 11.6 Å². The number of methoxy groups -OCH3 is 2. The van der Waals surface area contributed by atoms with Gasteiger partial charge in [0.25, 0.3) is 0 Å². The number of nitrogens with one attached hydrogen (secondary N) is 3. The third kappa shape index (κ3) is 15.1. The zero-order valence-corrected chi connectivity index (χ0v) is 50.1. The molecule has 0 aliphatic carbocycles. The number of anilines is 6. The van der Waals surface area contributed by atoms with Crippen molar-refractivity contribution in [3.8, 4) is 57.9 Å². The second kappa shape index (κ2) is 27.8. The van der Waals surface area contributed by atoms with Gasteiger partial charge in [-0.3, -0.25) is 9.80 Å². The third-order valence-electron chi connectivity index (χ3n) is 16.3. The van der Waals surface area contributed by atoms with E-state index in [-0.39, 0.29) is 18.3 Å². The molecule has 4 aromatic carbocycles. The number of rotatable bonds is 16. The van der Waals surface area contributed by atoms with Gasteiger partial charge in [0, 0.05) is 113 Å². The Bertz CT molecular complexity index is 3410. The Kier molecular flexibility index (Phi) is 19.2. The molecule has 87 heavy (non-hydrogen) atoms. The van der Waals surface area contributed by atoms with Gasteiger partial charge < -0.3 is 63.8 Å². The monoisotopic (exact) mass is 1180 g/mol. The summed E-state index contributed by atoms with van der Waals surface area (Å²) in [4.78, 5) is 50.4. The summed E-state index contributed by atoms with van der Waals surface area (Å²) in [6.45, 7) is 19.6. The van der Waals surface area contributed by atoms with Gasteiger partial charge in [0.1, 0.15) is 65.6 Å². The summed E-state index contributed by atoms with van der Waals surface area (Å²) in [6.07, 6.45) is 5.73. The molecule has 24 heteroatoms. The van der Waals surface area contributed by atoms with Gasteiger partial charge in [-0.05, 0) is 107 Å². The number of amides is 1. The van der Waals surface area contributed by atoms with Crippen LogP contribution in [0.5, 0.6) is 23.0 Å². The Balaban J connectivity index is 0.000000182. The number of hydrogen-bond acceptors (Lipinski definition) is 23. The van der Waals surface area contributed by atoms with Crippen LogP contribution in [0.15, 0.2) is 85.5 Å². The standard InChI is InChI=1S/C34H42N8O5.C29H34N8O3/c1-34(2,3)47-33(43)42-11-9-27(10-12-42)46-29-8-5-23(17-24(29)19-35)31-36-22-37-32(39-31)38-25-6-7-28(30(18-25)44-4)41-15-13-40(14-16-41)26-20-45-21-26;1-38-27-15-22(3-4-25(27)37-12-10-36(11-13-37)23-17-39-18-23)34-29-33-19-32-28(35-29)20-2-5-26(21(14-20)16-30)40-24-6-8-31-9-7-24/h5-8,17-18,22,26-27H,9-16,20-21H2,1-4H3,(H,36,37,38,39);2-5,14-15,19,23-24,31H,6-13,17-18H2,1H3,(H,32,33,34,35). The fourth-order valence-electron chi connectivity index (χ4n) is 11.3. The van der Waals surface area contributed by atoms with Crippen molar-refractivity contribution in [2.75, 3.05) is 140 Å². The first-order valence-corrected chi connectivity index (χ1v) is 29.9. The molecule has 24 nitrogen and oxygen atoms in total. The van der Waals surface area contributed by atoms with Crippen LogP contribution >= 0.6 is 0 Å². The molecule has 2 aromatic heterocycles. The summed E-state index contributed by atoms with van der Waals surface area (Å²) in [5.74, 6) is 4.33. The zero-order chi connectivity index (χ0) is 60.3. The summed E-state index contributed by atoms with van der Waals surface area (Å²) in [7, 11) is 3.37. The van der Waals surface area contributed by atoms with Gasteiger partial charge in [0.2, 0.25) is 11.9 Å². The van der Waals surface area contributed by atoms with Crippen molar-refractivity contribution in [1.29, 1.82) is 10.5 Å². The van der Waals surface area contributed by atoms with Crippen LogP contribution in [0.1, 0.15) is 57.6 Å². The van der Waals surface area contributed by atoms with Crippen molar-refractivity contribution < 1.29 is 38.0 Å².